The molecule has 0 saturated carbocycles. The number of nitrogens with zero attached hydrogens (tertiary/aromatic N) is 1. The van der Waals surface area contributed by atoms with Gasteiger partial charge in [0.1, 0.15) is 19.3 Å². The maximum atomic E-state index is 12.5. The Kier molecular flexibility index (Phi) is 28.6. The number of carbonyl (C=O) groups is 1. The van der Waals surface area contributed by atoms with Crippen molar-refractivity contribution in [3.8, 4) is 0 Å². The molecule has 8 nitrogen and oxygen atoms in total. The molecule has 0 aliphatic carbocycles. The van der Waals surface area contributed by atoms with Gasteiger partial charge >= 0.3 is 13.8 Å². The average Bonchev–Trinajstić information content (AvgIpc) is 2.94. The highest BCUT2D eigenvalue weighted by atomic mass is 31.2. The van der Waals surface area contributed by atoms with Crippen LogP contribution in [0.5, 0.6) is 0 Å². The third kappa shape index (κ3) is 32.7. The third-order valence-corrected chi connectivity index (χ3v) is 8.65. The van der Waals surface area contributed by atoms with Gasteiger partial charge < -0.3 is 18.9 Å². The highest BCUT2D eigenvalue weighted by molar-refractivity contribution is 7.47. The smallest absolute Gasteiger partial charge is 0.457 e. The van der Waals surface area contributed by atoms with Gasteiger partial charge in [-0.3, -0.25) is 13.8 Å². The number of hydrogen-bond acceptors (Lipinski definition) is 6. The van der Waals surface area contributed by atoms with Gasteiger partial charge in [0.25, 0.3) is 0 Å². The maximum Gasteiger partial charge on any atom is 0.472 e. The molecule has 0 heterocycles. The second-order valence-electron chi connectivity index (χ2n) is 13.3. The first-order valence-corrected chi connectivity index (χ1v) is 19.3. The fraction of sp³-hybridized carbons (Fsp3) is 0.971. The minimum Gasteiger partial charge on any atom is -0.457 e. The highest BCUT2D eigenvalue weighted by Crippen LogP contribution is 2.43. The summed E-state index contributed by atoms with van der Waals surface area (Å²) in [6.07, 6.45) is 25.5. The first-order valence-electron chi connectivity index (χ1n) is 17.8. The zero-order valence-electron chi connectivity index (χ0n) is 29.0. The van der Waals surface area contributed by atoms with Crippen LogP contribution < -0.4 is 0 Å². The quantitative estimate of drug-likeness (QED) is 0.0332. The molecular weight excluding hydrogens is 565 g/mol. The number of esters is 1. The Bertz CT molecular complexity index is 672. The maximum absolute atomic E-state index is 12.5. The van der Waals surface area contributed by atoms with Crippen molar-refractivity contribution in [3.05, 3.63) is 0 Å². The predicted molar refractivity (Wildman–Crippen MR) is 178 cm³/mol. The number of quaternary nitrogens is 1. The van der Waals surface area contributed by atoms with E-state index < -0.39 is 13.9 Å². The largest absolute Gasteiger partial charge is 0.472 e. The van der Waals surface area contributed by atoms with Crippen molar-refractivity contribution < 1.29 is 37.3 Å². The molecule has 1 unspecified atom stereocenters. The van der Waals surface area contributed by atoms with Gasteiger partial charge in [-0.05, 0) is 12.8 Å². The molecule has 0 aliphatic heterocycles. The molecule has 1 N–H and O–H groups in total. The van der Waals surface area contributed by atoms with Crippen molar-refractivity contribution in [3.63, 3.8) is 0 Å². The van der Waals surface area contributed by atoms with E-state index in [2.05, 4.69) is 13.8 Å². The van der Waals surface area contributed by atoms with Crippen molar-refractivity contribution in [1.29, 1.82) is 0 Å². The summed E-state index contributed by atoms with van der Waals surface area (Å²) in [6, 6.07) is 0. The zero-order valence-corrected chi connectivity index (χ0v) is 29.9. The number of carbonyl (C=O) groups excluding carboxylic acids is 1. The molecule has 43 heavy (non-hydrogen) atoms. The van der Waals surface area contributed by atoms with Crippen LogP contribution in [-0.4, -0.2) is 75.6 Å². The number of unbranched alkanes of at least 4 members (excludes halogenated alkanes) is 19. The predicted octanol–water partition coefficient (Wildman–Crippen LogP) is 9.38. The second kappa shape index (κ2) is 28.9. The summed E-state index contributed by atoms with van der Waals surface area (Å²) >= 11 is 0. The lowest BCUT2D eigenvalue weighted by molar-refractivity contribution is -0.870. The van der Waals surface area contributed by atoms with E-state index in [4.69, 9.17) is 18.5 Å². The number of ether oxygens (including phenoxy) is 2. The first kappa shape index (κ1) is 42.5. The van der Waals surface area contributed by atoms with Gasteiger partial charge in [0.2, 0.25) is 0 Å². The Balaban J connectivity index is 4.30. The number of hydrogen-bond donors (Lipinski definition) is 1. The Morgan fingerprint density at radius 1 is 0.628 bits per heavy atom. The van der Waals surface area contributed by atoms with Crippen molar-refractivity contribution >= 4 is 13.8 Å². The molecule has 0 aromatic rings. The summed E-state index contributed by atoms with van der Waals surface area (Å²) in [6.45, 7) is 5.61. The van der Waals surface area contributed by atoms with Crippen LogP contribution in [0.3, 0.4) is 0 Å². The Hall–Kier alpha value is -0.500. The molecule has 0 fully saturated rings. The fourth-order valence-corrected chi connectivity index (χ4v) is 5.59. The van der Waals surface area contributed by atoms with Crippen LogP contribution in [0, 0.1) is 0 Å². The van der Waals surface area contributed by atoms with E-state index in [1.54, 1.807) is 0 Å². The summed E-state index contributed by atoms with van der Waals surface area (Å²) in [4.78, 5) is 22.6. The first-order chi connectivity index (χ1) is 20.6. The van der Waals surface area contributed by atoms with Gasteiger partial charge in [0.15, 0.2) is 0 Å². The lowest BCUT2D eigenvalue weighted by Gasteiger charge is -2.24. The molecule has 0 saturated heterocycles. The van der Waals surface area contributed by atoms with Crippen LogP contribution in [-0.2, 0) is 27.9 Å². The minimum atomic E-state index is -4.25. The lowest BCUT2D eigenvalue weighted by atomic mass is 10.1. The minimum absolute atomic E-state index is 0.0931. The summed E-state index contributed by atoms with van der Waals surface area (Å²) < 4.78 is 34.7. The third-order valence-electron chi connectivity index (χ3n) is 7.67. The molecule has 0 bridgehead atoms. The summed E-state index contributed by atoms with van der Waals surface area (Å²) in [5.41, 5.74) is 0. The Morgan fingerprint density at radius 2 is 1.07 bits per heavy atom. The molecule has 0 aromatic heterocycles. The van der Waals surface area contributed by atoms with Gasteiger partial charge in [-0.25, -0.2) is 4.57 Å². The normalized spacial score (nSPS) is 14.1. The van der Waals surface area contributed by atoms with Gasteiger partial charge in [-0.1, -0.05) is 136 Å². The van der Waals surface area contributed by atoms with Crippen molar-refractivity contribution in [2.45, 2.75) is 161 Å². The van der Waals surface area contributed by atoms with E-state index in [0.717, 1.165) is 32.1 Å². The molecule has 0 spiro atoms. The van der Waals surface area contributed by atoms with E-state index in [1.807, 2.05) is 21.1 Å². The molecule has 258 valence electrons. The lowest BCUT2D eigenvalue weighted by Crippen LogP contribution is -2.37. The average molecular weight is 637 g/mol. The van der Waals surface area contributed by atoms with E-state index >= 15 is 0 Å². The number of phosphoric ester groups is 1. The van der Waals surface area contributed by atoms with Gasteiger partial charge in [-0.15, -0.1) is 0 Å². The monoisotopic (exact) mass is 636 g/mol. The van der Waals surface area contributed by atoms with Crippen LogP contribution in [0.25, 0.3) is 0 Å². The van der Waals surface area contributed by atoms with E-state index in [1.165, 1.54) is 103 Å². The molecule has 0 aromatic carbocycles. The van der Waals surface area contributed by atoms with E-state index in [0.29, 0.717) is 24.1 Å². The number of phosphoric acid groups is 1. The van der Waals surface area contributed by atoms with Gasteiger partial charge in [-0.2, -0.15) is 0 Å². The molecule has 0 radical (unpaired) electrons. The number of likely N-dealkylation sites (N-methyl/N-ethyl adjacent to an activating group) is 1. The standard InChI is InChI=1S/C34H70NO7P/c1-6-8-10-12-14-16-17-18-20-22-24-26-29-39-31-33(32-41-43(37,38)40-30-28-35(3,4)5)42-34(36)27-25-23-21-19-15-13-11-9-7-2/h33H,6-32H2,1-5H3/p+1/t33-/m1/s1. The molecule has 9 heteroatoms. The van der Waals surface area contributed by atoms with Crippen LogP contribution in [0.2, 0.25) is 0 Å². The SMILES string of the molecule is CCCCCCCCCCCCCCOC[C@H](COP(=O)(O)OCC[N+](C)(C)C)OC(=O)CCCCCCCCCCC. The van der Waals surface area contributed by atoms with Crippen LogP contribution in [0.15, 0.2) is 0 Å². The Labute approximate surface area is 266 Å². The summed E-state index contributed by atoms with van der Waals surface area (Å²) in [5.74, 6) is -0.316. The van der Waals surface area contributed by atoms with Crippen LogP contribution in [0.1, 0.15) is 155 Å². The molecule has 2 atom stereocenters. The van der Waals surface area contributed by atoms with E-state index in [-0.39, 0.29) is 25.8 Å². The highest BCUT2D eigenvalue weighted by Gasteiger charge is 2.26. The second-order valence-corrected chi connectivity index (χ2v) is 14.7. The van der Waals surface area contributed by atoms with E-state index in [9.17, 15) is 14.3 Å². The summed E-state index contributed by atoms with van der Waals surface area (Å²) in [5, 5.41) is 0. The molecule has 0 amide bonds. The Morgan fingerprint density at radius 3 is 1.53 bits per heavy atom. The zero-order chi connectivity index (χ0) is 32.1. The summed E-state index contributed by atoms with van der Waals surface area (Å²) in [7, 11) is 1.68. The van der Waals surface area contributed by atoms with Gasteiger partial charge in [0.05, 0.1) is 34.4 Å². The molecular formula is C34H71NO7P+. The molecule has 0 rings (SSSR count). The van der Waals surface area contributed by atoms with Crippen molar-refractivity contribution in [1.82, 2.24) is 0 Å². The number of rotatable bonds is 33. The molecule has 0 aliphatic rings. The van der Waals surface area contributed by atoms with Gasteiger partial charge in [0, 0.05) is 13.0 Å². The van der Waals surface area contributed by atoms with Crippen LogP contribution in [0.4, 0.5) is 0 Å². The van der Waals surface area contributed by atoms with Crippen LogP contribution >= 0.6 is 7.82 Å². The van der Waals surface area contributed by atoms with Crippen molar-refractivity contribution in [2.75, 3.05) is 54.1 Å². The van der Waals surface area contributed by atoms with Crippen molar-refractivity contribution in [2.24, 2.45) is 0 Å². The topological polar surface area (TPSA) is 91.3 Å². The fourth-order valence-electron chi connectivity index (χ4n) is 4.85.